The summed E-state index contributed by atoms with van der Waals surface area (Å²) in [7, 11) is -3.85. The minimum Gasteiger partial charge on any atom is -0.398 e. The summed E-state index contributed by atoms with van der Waals surface area (Å²) >= 11 is 5.75. The molecule has 0 radical (unpaired) electrons. The molecule has 6 nitrogen and oxygen atoms in total. The number of nitrogens with two attached hydrogens (primary N) is 1. The first-order valence-electron chi connectivity index (χ1n) is 5.23. The molecule has 1 heterocycles. The molecule has 2 atom stereocenters. The molecule has 0 spiro atoms. The molecule has 0 bridgehead atoms. The van der Waals surface area contributed by atoms with E-state index in [1.165, 1.54) is 18.2 Å². The lowest BCUT2D eigenvalue weighted by Crippen LogP contribution is -2.30. The molecule has 1 aliphatic rings. The Morgan fingerprint density at radius 1 is 1.28 bits per heavy atom. The summed E-state index contributed by atoms with van der Waals surface area (Å²) in [5.74, 6) is 0. The van der Waals surface area contributed by atoms with Gasteiger partial charge in [-0.15, -0.1) is 0 Å². The van der Waals surface area contributed by atoms with Crippen LogP contribution in [0.15, 0.2) is 23.1 Å². The molecule has 0 amide bonds. The number of aliphatic hydroxyl groups excluding tert-OH is 2. The predicted molar refractivity (Wildman–Crippen MR) is 66.6 cm³/mol. The maximum absolute atomic E-state index is 12.3. The number of hydrogen-bond donors (Lipinski definition) is 3. The van der Waals surface area contributed by atoms with E-state index in [2.05, 4.69) is 0 Å². The van der Waals surface area contributed by atoms with Crippen molar-refractivity contribution in [2.24, 2.45) is 0 Å². The molecule has 0 aromatic heterocycles. The van der Waals surface area contributed by atoms with Gasteiger partial charge in [0.15, 0.2) is 0 Å². The Morgan fingerprint density at radius 3 is 2.39 bits per heavy atom. The lowest BCUT2D eigenvalue weighted by atomic mass is 10.3. The first kappa shape index (κ1) is 13.6. The molecule has 1 aromatic rings. The summed E-state index contributed by atoms with van der Waals surface area (Å²) in [4.78, 5) is -0.115. The molecule has 0 unspecified atom stereocenters. The summed E-state index contributed by atoms with van der Waals surface area (Å²) in [6.45, 7) is -0.315. The molecule has 2 rings (SSSR count). The minimum absolute atomic E-state index is 0.0790. The van der Waals surface area contributed by atoms with Crippen molar-refractivity contribution in [3.8, 4) is 0 Å². The number of halogens is 1. The van der Waals surface area contributed by atoms with Crippen LogP contribution in [0.2, 0.25) is 5.02 Å². The van der Waals surface area contributed by atoms with E-state index >= 15 is 0 Å². The van der Waals surface area contributed by atoms with Crippen molar-refractivity contribution in [3.63, 3.8) is 0 Å². The zero-order chi connectivity index (χ0) is 13.5. The fourth-order valence-electron chi connectivity index (χ4n) is 1.80. The number of anilines is 1. The van der Waals surface area contributed by atoms with Crippen LogP contribution in [0.3, 0.4) is 0 Å². The maximum Gasteiger partial charge on any atom is 0.245 e. The molecule has 1 fully saturated rings. The van der Waals surface area contributed by atoms with Crippen LogP contribution in [-0.4, -0.2) is 48.2 Å². The van der Waals surface area contributed by atoms with Crippen molar-refractivity contribution in [2.45, 2.75) is 17.1 Å². The second-order valence-corrected chi connectivity index (χ2v) is 6.48. The van der Waals surface area contributed by atoms with Gasteiger partial charge in [0.2, 0.25) is 10.0 Å². The zero-order valence-electron chi connectivity index (χ0n) is 9.32. The number of benzene rings is 1. The maximum atomic E-state index is 12.3. The molecular formula is C10H13ClN2O4S. The largest absolute Gasteiger partial charge is 0.398 e. The highest BCUT2D eigenvalue weighted by molar-refractivity contribution is 7.89. The van der Waals surface area contributed by atoms with Crippen LogP contribution in [0.5, 0.6) is 0 Å². The average molecular weight is 293 g/mol. The number of hydrogen-bond acceptors (Lipinski definition) is 5. The smallest absolute Gasteiger partial charge is 0.245 e. The third-order valence-electron chi connectivity index (χ3n) is 2.82. The van der Waals surface area contributed by atoms with Gasteiger partial charge < -0.3 is 15.9 Å². The molecule has 4 N–H and O–H groups in total. The zero-order valence-corrected chi connectivity index (χ0v) is 10.9. The van der Waals surface area contributed by atoms with Gasteiger partial charge in [0.05, 0.1) is 17.9 Å². The van der Waals surface area contributed by atoms with Gasteiger partial charge in [-0.1, -0.05) is 11.6 Å². The first-order chi connectivity index (χ1) is 8.32. The van der Waals surface area contributed by atoms with E-state index in [1.807, 2.05) is 0 Å². The van der Waals surface area contributed by atoms with Crippen LogP contribution in [0.25, 0.3) is 0 Å². The van der Waals surface area contributed by atoms with Crippen LogP contribution >= 0.6 is 11.6 Å². The van der Waals surface area contributed by atoms with Gasteiger partial charge in [-0.2, -0.15) is 4.31 Å². The fourth-order valence-corrected chi connectivity index (χ4v) is 3.66. The summed E-state index contributed by atoms with van der Waals surface area (Å²) < 4.78 is 25.5. The SMILES string of the molecule is Nc1ccc(Cl)cc1S(=O)(=O)N1C[C@@H](O)[C@@H](O)C1. The van der Waals surface area contributed by atoms with Crippen molar-refractivity contribution in [1.82, 2.24) is 4.31 Å². The van der Waals surface area contributed by atoms with Crippen LogP contribution in [-0.2, 0) is 10.0 Å². The van der Waals surface area contributed by atoms with E-state index in [0.29, 0.717) is 0 Å². The third kappa shape index (κ3) is 2.32. The van der Waals surface area contributed by atoms with E-state index in [-0.39, 0.29) is 28.7 Å². The van der Waals surface area contributed by atoms with Gasteiger partial charge in [-0.25, -0.2) is 8.42 Å². The third-order valence-corrected chi connectivity index (χ3v) is 4.94. The van der Waals surface area contributed by atoms with E-state index in [1.54, 1.807) is 0 Å². The van der Waals surface area contributed by atoms with Gasteiger partial charge in [0.1, 0.15) is 4.90 Å². The summed E-state index contributed by atoms with van der Waals surface area (Å²) in [5, 5.41) is 19.0. The molecule has 100 valence electrons. The Hall–Kier alpha value is -0.860. The number of aliphatic hydroxyl groups is 2. The van der Waals surface area contributed by atoms with E-state index in [4.69, 9.17) is 17.3 Å². The van der Waals surface area contributed by atoms with E-state index in [0.717, 1.165) is 4.31 Å². The van der Waals surface area contributed by atoms with Gasteiger partial charge in [0.25, 0.3) is 0 Å². The van der Waals surface area contributed by atoms with Gasteiger partial charge >= 0.3 is 0 Å². The Labute approximate surface area is 110 Å². The predicted octanol–water partition coefficient (Wildman–Crippen LogP) is -0.352. The first-order valence-corrected chi connectivity index (χ1v) is 7.05. The quantitative estimate of drug-likeness (QED) is 0.646. The summed E-state index contributed by atoms with van der Waals surface area (Å²) in [6, 6.07) is 4.14. The number of nitrogens with zero attached hydrogens (tertiary/aromatic N) is 1. The van der Waals surface area contributed by atoms with E-state index in [9.17, 15) is 18.6 Å². The Bertz CT molecular complexity index is 553. The highest BCUT2D eigenvalue weighted by Gasteiger charge is 2.38. The lowest BCUT2D eigenvalue weighted by Gasteiger charge is -2.17. The average Bonchev–Trinajstić information content (AvgIpc) is 2.63. The number of β-amino-alcohol motifs (C(OH)–C–C–N with tert-alkyl or cyclic N) is 2. The summed E-state index contributed by atoms with van der Waals surface area (Å²) in [5.41, 5.74) is 5.70. The van der Waals surface area contributed by atoms with Crippen LogP contribution in [0.1, 0.15) is 0 Å². The molecule has 18 heavy (non-hydrogen) atoms. The minimum atomic E-state index is -3.85. The molecule has 0 saturated carbocycles. The summed E-state index contributed by atoms with van der Waals surface area (Å²) in [6.07, 6.45) is -2.17. The van der Waals surface area contributed by atoms with Crippen molar-refractivity contribution >= 4 is 27.3 Å². The standard InChI is InChI=1S/C10H13ClN2O4S/c11-6-1-2-7(12)10(3-6)18(16,17)13-4-8(14)9(15)5-13/h1-3,8-9,14-15H,4-5,12H2/t8-,9+. The van der Waals surface area contributed by atoms with E-state index < -0.39 is 22.2 Å². The van der Waals surface area contributed by atoms with Crippen molar-refractivity contribution in [3.05, 3.63) is 23.2 Å². The molecule has 1 aliphatic heterocycles. The molecule has 1 saturated heterocycles. The van der Waals surface area contributed by atoms with Gasteiger partial charge in [0, 0.05) is 18.1 Å². The Kier molecular flexibility index (Phi) is 3.52. The highest BCUT2D eigenvalue weighted by atomic mass is 35.5. The topological polar surface area (TPSA) is 104 Å². The molecule has 0 aliphatic carbocycles. The fraction of sp³-hybridized carbons (Fsp3) is 0.400. The second kappa shape index (κ2) is 4.67. The monoisotopic (exact) mass is 292 g/mol. The second-order valence-electron chi connectivity index (χ2n) is 4.14. The number of rotatable bonds is 2. The lowest BCUT2D eigenvalue weighted by molar-refractivity contribution is 0.0572. The number of sulfonamides is 1. The van der Waals surface area contributed by atoms with Crippen molar-refractivity contribution in [2.75, 3.05) is 18.8 Å². The molecule has 8 heteroatoms. The van der Waals surface area contributed by atoms with Gasteiger partial charge in [-0.05, 0) is 18.2 Å². The van der Waals surface area contributed by atoms with Crippen LogP contribution < -0.4 is 5.73 Å². The van der Waals surface area contributed by atoms with Gasteiger partial charge in [-0.3, -0.25) is 0 Å². The normalized spacial score (nSPS) is 25.5. The Morgan fingerprint density at radius 2 is 1.83 bits per heavy atom. The Balaban J connectivity index is 2.40. The van der Waals surface area contributed by atoms with Crippen molar-refractivity contribution in [1.29, 1.82) is 0 Å². The molecule has 1 aromatic carbocycles. The van der Waals surface area contributed by atoms with Crippen LogP contribution in [0.4, 0.5) is 5.69 Å². The number of nitrogen functional groups attached to an aromatic ring is 1. The molecular weight excluding hydrogens is 280 g/mol. The highest BCUT2D eigenvalue weighted by Crippen LogP contribution is 2.28. The van der Waals surface area contributed by atoms with Crippen molar-refractivity contribution < 1.29 is 18.6 Å². The van der Waals surface area contributed by atoms with Crippen LogP contribution in [0, 0.1) is 0 Å².